The van der Waals surface area contributed by atoms with Crippen LogP contribution in [-0.2, 0) is 11.2 Å². The Balaban J connectivity index is 1.84. The third-order valence-electron chi connectivity index (χ3n) is 4.24. The van der Waals surface area contributed by atoms with Crippen LogP contribution >= 0.6 is 11.3 Å². The molecule has 0 saturated carbocycles. The van der Waals surface area contributed by atoms with E-state index in [1.54, 1.807) is 6.07 Å². The van der Waals surface area contributed by atoms with Crippen LogP contribution in [0.3, 0.4) is 0 Å². The fraction of sp³-hybridized carbons (Fsp3) is 0.294. The molecule has 3 rings (SSSR count). The lowest BCUT2D eigenvalue weighted by molar-refractivity contribution is -0.141. The summed E-state index contributed by atoms with van der Waals surface area (Å²) >= 11 is 1.10. The smallest absolute Gasteiger partial charge is 0.307 e. The van der Waals surface area contributed by atoms with Crippen LogP contribution in [0.25, 0.3) is 0 Å². The summed E-state index contributed by atoms with van der Waals surface area (Å²) in [5.41, 5.74) is 2.91. The van der Waals surface area contributed by atoms with Crippen LogP contribution in [0.5, 0.6) is 0 Å². The molecule has 0 aliphatic heterocycles. The summed E-state index contributed by atoms with van der Waals surface area (Å²) in [6.45, 7) is 3.80. The number of amides is 1. The van der Waals surface area contributed by atoms with Crippen LogP contribution in [0, 0.1) is 19.8 Å². The van der Waals surface area contributed by atoms with Gasteiger partial charge in [0, 0.05) is 18.4 Å². The van der Waals surface area contributed by atoms with E-state index in [9.17, 15) is 14.4 Å². The first kappa shape index (κ1) is 16.3. The lowest BCUT2D eigenvalue weighted by Gasteiger charge is -2.15. The summed E-state index contributed by atoms with van der Waals surface area (Å²) in [5.74, 6) is -2.25. The molecule has 2 aromatic rings. The molecule has 2 N–H and O–H groups in total. The summed E-state index contributed by atoms with van der Waals surface area (Å²) in [6, 6.07) is 5.47. The zero-order chi connectivity index (χ0) is 17.4. The first-order chi connectivity index (χ1) is 11.4. The number of Topliss-reactive ketones (excluding diaryl/α,β-unsaturated/α-hetero) is 1. The summed E-state index contributed by atoms with van der Waals surface area (Å²) in [6.07, 6.45) is 0.196. The standard InChI is InChI=1S/C17H16N2O4S/c1-8-4-3-5-11(9(8)2)15(21)19-17-18-12-6-10(16(22)23)7-13(20)14(12)24-17/h3-5,10H,6-7H2,1-2H3,(H,22,23)(H,18,19,21)/t10-/m1/s1. The van der Waals surface area contributed by atoms with Gasteiger partial charge in [0.2, 0.25) is 0 Å². The Morgan fingerprint density at radius 2 is 2.04 bits per heavy atom. The van der Waals surface area contributed by atoms with E-state index in [1.807, 2.05) is 26.0 Å². The molecule has 0 saturated heterocycles. The number of rotatable bonds is 3. The third kappa shape index (κ3) is 2.94. The quantitative estimate of drug-likeness (QED) is 0.892. The molecule has 124 valence electrons. The number of carbonyl (C=O) groups excluding carboxylic acids is 2. The maximum Gasteiger partial charge on any atom is 0.307 e. The molecule has 1 aliphatic carbocycles. The van der Waals surface area contributed by atoms with Gasteiger partial charge in [0.15, 0.2) is 10.9 Å². The number of carboxylic acids is 1. The second kappa shape index (κ2) is 6.16. The van der Waals surface area contributed by atoms with Gasteiger partial charge in [0.05, 0.1) is 16.5 Å². The second-order valence-corrected chi connectivity index (χ2v) is 6.86. The van der Waals surface area contributed by atoms with Crippen LogP contribution in [0.1, 0.15) is 43.3 Å². The van der Waals surface area contributed by atoms with Gasteiger partial charge in [0.1, 0.15) is 0 Å². The first-order valence-electron chi connectivity index (χ1n) is 7.50. The van der Waals surface area contributed by atoms with Gasteiger partial charge in [-0.1, -0.05) is 23.5 Å². The molecule has 24 heavy (non-hydrogen) atoms. The highest BCUT2D eigenvalue weighted by atomic mass is 32.1. The van der Waals surface area contributed by atoms with E-state index in [-0.39, 0.29) is 24.5 Å². The fourth-order valence-corrected chi connectivity index (χ4v) is 3.66. The fourth-order valence-electron chi connectivity index (χ4n) is 2.72. The number of carbonyl (C=O) groups is 3. The van der Waals surface area contributed by atoms with Gasteiger partial charge < -0.3 is 5.11 Å². The predicted octanol–water partition coefficient (Wildman–Crippen LogP) is 2.84. The zero-order valence-electron chi connectivity index (χ0n) is 13.3. The number of aryl methyl sites for hydroxylation is 1. The summed E-state index contributed by atoms with van der Waals surface area (Å²) in [5, 5.41) is 12.1. The first-order valence-corrected chi connectivity index (χ1v) is 8.31. The number of nitrogens with one attached hydrogen (secondary N) is 1. The van der Waals surface area contributed by atoms with Crippen LogP contribution in [0.15, 0.2) is 18.2 Å². The SMILES string of the molecule is Cc1cccc(C(=O)Nc2nc3c(s2)C(=O)C[C@H](C(=O)O)C3)c1C. The number of hydrogen-bond acceptors (Lipinski definition) is 5. The van der Waals surface area contributed by atoms with E-state index < -0.39 is 11.9 Å². The topological polar surface area (TPSA) is 96.4 Å². The molecule has 0 spiro atoms. The molecule has 0 fully saturated rings. The Hall–Kier alpha value is -2.54. The molecule has 1 aromatic heterocycles. The number of nitrogens with zero attached hydrogens (tertiary/aromatic N) is 1. The Morgan fingerprint density at radius 3 is 2.75 bits per heavy atom. The molecule has 0 bridgehead atoms. The van der Waals surface area contributed by atoms with Gasteiger partial charge in [-0.3, -0.25) is 19.7 Å². The summed E-state index contributed by atoms with van der Waals surface area (Å²) in [7, 11) is 0. The van der Waals surface area contributed by atoms with Gasteiger partial charge >= 0.3 is 5.97 Å². The minimum absolute atomic E-state index is 0.0189. The van der Waals surface area contributed by atoms with E-state index in [0.29, 0.717) is 21.3 Å². The number of hydrogen-bond donors (Lipinski definition) is 2. The molecular weight excluding hydrogens is 328 g/mol. The van der Waals surface area contributed by atoms with Crippen LogP contribution in [0.4, 0.5) is 5.13 Å². The molecule has 0 radical (unpaired) electrons. The molecule has 1 atom stereocenters. The van der Waals surface area contributed by atoms with E-state index in [4.69, 9.17) is 5.11 Å². The van der Waals surface area contributed by atoms with Crippen molar-refractivity contribution in [1.29, 1.82) is 0 Å². The summed E-state index contributed by atoms with van der Waals surface area (Å²) < 4.78 is 0. The Labute approximate surface area is 142 Å². The number of fused-ring (bicyclic) bond motifs is 1. The largest absolute Gasteiger partial charge is 0.481 e. The number of aliphatic carboxylic acids is 1. The monoisotopic (exact) mass is 344 g/mol. The maximum atomic E-state index is 12.4. The minimum Gasteiger partial charge on any atom is -0.481 e. The number of ketones is 1. The lowest BCUT2D eigenvalue weighted by atomic mass is 9.90. The average Bonchev–Trinajstić information content (AvgIpc) is 2.92. The van der Waals surface area contributed by atoms with Crippen molar-refractivity contribution in [3.8, 4) is 0 Å². The molecule has 6 nitrogen and oxygen atoms in total. The van der Waals surface area contributed by atoms with Crippen LogP contribution < -0.4 is 5.32 Å². The van der Waals surface area contributed by atoms with Gasteiger partial charge in [-0.15, -0.1) is 0 Å². The Bertz CT molecular complexity index is 856. The maximum absolute atomic E-state index is 12.4. The number of benzene rings is 1. The number of thiazole rings is 1. The van der Waals surface area contributed by atoms with Crippen molar-refractivity contribution in [3.63, 3.8) is 0 Å². The van der Waals surface area contributed by atoms with E-state index >= 15 is 0 Å². The third-order valence-corrected chi connectivity index (χ3v) is 5.30. The van der Waals surface area contributed by atoms with E-state index in [0.717, 1.165) is 22.5 Å². The lowest BCUT2D eigenvalue weighted by Crippen LogP contribution is -2.25. The Kier molecular flexibility index (Phi) is 4.19. The van der Waals surface area contributed by atoms with Crippen LogP contribution in [0.2, 0.25) is 0 Å². The molecule has 1 heterocycles. The highest BCUT2D eigenvalue weighted by Crippen LogP contribution is 2.32. The normalized spacial score (nSPS) is 16.6. The molecule has 7 heteroatoms. The van der Waals surface area contributed by atoms with E-state index in [2.05, 4.69) is 10.3 Å². The van der Waals surface area contributed by atoms with Crippen molar-refractivity contribution in [1.82, 2.24) is 4.98 Å². The highest BCUT2D eigenvalue weighted by molar-refractivity contribution is 7.17. The Morgan fingerprint density at radius 1 is 1.29 bits per heavy atom. The van der Waals surface area contributed by atoms with Crippen molar-refractivity contribution in [2.75, 3.05) is 5.32 Å². The van der Waals surface area contributed by atoms with Crippen molar-refractivity contribution in [2.45, 2.75) is 26.7 Å². The summed E-state index contributed by atoms with van der Waals surface area (Å²) in [4.78, 5) is 40.3. The van der Waals surface area contributed by atoms with Crippen molar-refractivity contribution < 1.29 is 19.5 Å². The van der Waals surface area contributed by atoms with Gasteiger partial charge in [-0.25, -0.2) is 4.98 Å². The zero-order valence-corrected chi connectivity index (χ0v) is 14.1. The number of aromatic nitrogens is 1. The van der Waals surface area contributed by atoms with Crippen molar-refractivity contribution in [3.05, 3.63) is 45.5 Å². The second-order valence-electron chi connectivity index (χ2n) is 5.86. The highest BCUT2D eigenvalue weighted by Gasteiger charge is 2.33. The molecule has 1 aromatic carbocycles. The number of anilines is 1. The average molecular weight is 344 g/mol. The van der Waals surface area contributed by atoms with Crippen LogP contribution in [-0.4, -0.2) is 27.8 Å². The molecular formula is C17H16N2O4S. The van der Waals surface area contributed by atoms with Crippen molar-refractivity contribution >= 4 is 34.1 Å². The van der Waals surface area contributed by atoms with Crippen molar-refractivity contribution in [2.24, 2.45) is 5.92 Å². The van der Waals surface area contributed by atoms with Gasteiger partial charge in [-0.2, -0.15) is 0 Å². The molecule has 0 unspecified atom stereocenters. The molecule has 1 amide bonds. The van der Waals surface area contributed by atoms with Gasteiger partial charge in [-0.05, 0) is 31.0 Å². The minimum atomic E-state index is -0.997. The molecule has 1 aliphatic rings. The predicted molar refractivity (Wildman–Crippen MR) is 89.8 cm³/mol. The van der Waals surface area contributed by atoms with E-state index in [1.165, 1.54) is 0 Å². The van der Waals surface area contributed by atoms with Gasteiger partial charge in [0.25, 0.3) is 5.91 Å². The number of carboxylic acid groups (broad SMARTS) is 1.